The van der Waals surface area contributed by atoms with Gasteiger partial charge in [-0.3, -0.25) is 10.1 Å². The Hall–Kier alpha value is -3.76. The molecule has 2 aromatic carbocycles. The van der Waals surface area contributed by atoms with Gasteiger partial charge in [-0.15, -0.1) is 11.3 Å². The van der Waals surface area contributed by atoms with Crippen LogP contribution in [0.25, 0.3) is 21.1 Å². The molecule has 0 atom stereocenters. The van der Waals surface area contributed by atoms with Crippen LogP contribution < -0.4 is 21.7 Å². The molecule has 0 aliphatic rings. The van der Waals surface area contributed by atoms with Gasteiger partial charge in [0.15, 0.2) is 5.13 Å². The highest BCUT2D eigenvalue weighted by molar-refractivity contribution is 7.23. The van der Waals surface area contributed by atoms with Crippen molar-refractivity contribution in [3.8, 4) is 21.1 Å². The van der Waals surface area contributed by atoms with E-state index < -0.39 is 0 Å². The van der Waals surface area contributed by atoms with Crippen LogP contribution >= 0.6 is 22.7 Å². The number of hydrogen-bond donors (Lipinski definition) is 4. The van der Waals surface area contributed by atoms with E-state index in [1.807, 2.05) is 36.6 Å². The Bertz CT molecular complexity index is 1310. The molecular weight excluding hydrogens is 468 g/mol. The van der Waals surface area contributed by atoms with Gasteiger partial charge in [0.1, 0.15) is 15.7 Å². The molecule has 0 fully saturated rings. The van der Waals surface area contributed by atoms with E-state index >= 15 is 0 Å². The fourth-order valence-corrected chi connectivity index (χ4v) is 5.01. The van der Waals surface area contributed by atoms with Crippen LogP contribution in [0.4, 0.5) is 21.4 Å². The first-order valence-corrected chi connectivity index (χ1v) is 12.3. The average molecular weight is 493 g/mol. The summed E-state index contributed by atoms with van der Waals surface area (Å²) in [6, 6.07) is 15.4. The van der Waals surface area contributed by atoms with Crippen LogP contribution in [0.1, 0.15) is 17.5 Å². The van der Waals surface area contributed by atoms with Gasteiger partial charge in [-0.25, -0.2) is 14.8 Å². The van der Waals surface area contributed by atoms with E-state index in [9.17, 15) is 9.59 Å². The van der Waals surface area contributed by atoms with Crippen molar-refractivity contribution in [2.24, 2.45) is 0 Å². The lowest BCUT2D eigenvalue weighted by Crippen LogP contribution is -2.24. The van der Waals surface area contributed by atoms with E-state index in [0.29, 0.717) is 33.7 Å². The third-order valence-electron chi connectivity index (χ3n) is 5.00. The summed E-state index contributed by atoms with van der Waals surface area (Å²) >= 11 is 2.70. The highest BCUT2D eigenvalue weighted by atomic mass is 32.1. The Labute approximate surface area is 205 Å². The standard InChI is InChI=1S/C24H24N6O2S2/c1-14-6-8-15(9-7-14)10-11-19(31)27-17-5-3-4-16(12-17)18-13-33-22(28-18)20-21(25)29-24(34-20)30-23(32)26-2/h3-9,12-13H,10-11,25H2,1-2H3,(H,27,31)(H2,26,29,30,32). The number of hydrogen-bond acceptors (Lipinski definition) is 7. The van der Waals surface area contributed by atoms with Crippen molar-refractivity contribution >= 4 is 51.2 Å². The highest BCUT2D eigenvalue weighted by Crippen LogP contribution is 2.38. The molecule has 34 heavy (non-hydrogen) atoms. The van der Waals surface area contributed by atoms with Crippen molar-refractivity contribution in [2.75, 3.05) is 23.4 Å². The molecule has 10 heteroatoms. The van der Waals surface area contributed by atoms with Crippen LogP contribution in [0.3, 0.4) is 0 Å². The van der Waals surface area contributed by atoms with Crippen molar-refractivity contribution in [3.63, 3.8) is 0 Å². The second-order valence-electron chi connectivity index (χ2n) is 7.59. The van der Waals surface area contributed by atoms with Crippen LogP contribution in [0.2, 0.25) is 0 Å². The van der Waals surface area contributed by atoms with Crippen molar-refractivity contribution in [2.45, 2.75) is 19.8 Å². The molecular formula is C24H24N6O2S2. The molecule has 4 aromatic rings. The predicted molar refractivity (Wildman–Crippen MR) is 139 cm³/mol. The number of nitrogens with two attached hydrogens (primary N) is 1. The highest BCUT2D eigenvalue weighted by Gasteiger charge is 2.16. The Morgan fingerprint density at radius 3 is 2.62 bits per heavy atom. The third-order valence-corrected chi connectivity index (χ3v) is 6.99. The van der Waals surface area contributed by atoms with Gasteiger partial charge in [-0.2, -0.15) is 0 Å². The van der Waals surface area contributed by atoms with Gasteiger partial charge in [0.05, 0.1) is 5.69 Å². The molecule has 3 amide bonds. The molecule has 2 aromatic heterocycles. The minimum atomic E-state index is -0.363. The number of urea groups is 1. The van der Waals surface area contributed by atoms with Crippen LogP contribution in [-0.2, 0) is 11.2 Å². The summed E-state index contributed by atoms with van der Waals surface area (Å²) < 4.78 is 0. The third kappa shape index (κ3) is 5.77. The maximum absolute atomic E-state index is 12.4. The monoisotopic (exact) mass is 492 g/mol. The summed E-state index contributed by atoms with van der Waals surface area (Å²) in [5.41, 5.74) is 10.8. The second-order valence-corrected chi connectivity index (χ2v) is 9.45. The lowest BCUT2D eigenvalue weighted by molar-refractivity contribution is -0.116. The Balaban J connectivity index is 1.43. The van der Waals surface area contributed by atoms with Crippen LogP contribution in [0.15, 0.2) is 53.9 Å². The molecule has 0 aliphatic carbocycles. The largest absolute Gasteiger partial charge is 0.382 e. The normalized spacial score (nSPS) is 10.6. The second kappa shape index (κ2) is 10.4. The van der Waals surface area contributed by atoms with Crippen LogP contribution in [-0.4, -0.2) is 29.0 Å². The first kappa shape index (κ1) is 23.4. The lowest BCUT2D eigenvalue weighted by Gasteiger charge is -2.07. The molecule has 0 spiro atoms. The first-order valence-electron chi connectivity index (χ1n) is 10.6. The maximum atomic E-state index is 12.4. The number of aryl methyl sites for hydroxylation is 2. The molecule has 0 radical (unpaired) electrons. The number of thiazole rings is 2. The summed E-state index contributed by atoms with van der Waals surface area (Å²) in [6.07, 6.45) is 1.10. The van der Waals surface area contributed by atoms with E-state index in [1.54, 1.807) is 0 Å². The van der Waals surface area contributed by atoms with Gasteiger partial charge in [0.2, 0.25) is 5.91 Å². The van der Waals surface area contributed by atoms with Gasteiger partial charge < -0.3 is 16.4 Å². The molecule has 0 unspecified atom stereocenters. The zero-order valence-corrected chi connectivity index (χ0v) is 20.3. The number of nitrogens with one attached hydrogen (secondary N) is 3. The van der Waals surface area contributed by atoms with Crippen molar-refractivity contribution in [3.05, 3.63) is 65.0 Å². The number of nitrogen functional groups attached to an aromatic ring is 1. The number of anilines is 3. The van der Waals surface area contributed by atoms with E-state index in [4.69, 9.17) is 10.7 Å². The fraction of sp³-hybridized carbons (Fsp3) is 0.167. The molecule has 0 saturated carbocycles. The minimum Gasteiger partial charge on any atom is -0.382 e. The first-order chi connectivity index (χ1) is 16.4. The van der Waals surface area contributed by atoms with Gasteiger partial charge in [-0.05, 0) is 31.0 Å². The average Bonchev–Trinajstić information content (AvgIpc) is 3.45. The molecule has 4 rings (SSSR count). The summed E-state index contributed by atoms with van der Waals surface area (Å²) in [7, 11) is 1.53. The smallest absolute Gasteiger partial charge is 0.320 e. The van der Waals surface area contributed by atoms with Crippen molar-refractivity contribution in [1.82, 2.24) is 15.3 Å². The zero-order chi connectivity index (χ0) is 24.1. The summed E-state index contributed by atoms with van der Waals surface area (Å²) in [4.78, 5) is 33.6. The molecule has 5 N–H and O–H groups in total. The van der Waals surface area contributed by atoms with Gasteiger partial charge in [-0.1, -0.05) is 53.3 Å². The SMILES string of the molecule is CNC(=O)Nc1nc(N)c(-c2nc(-c3cccc(NC(=O)CCc4ccc(C)cc4)c3)cs2)s1. The Morgan fingerprint density at radius 1 is 1.06 bits per heavy atom. The number of nitrogens with zero attached hydrogens (tertiary/aromatic N) is 2. The van der Waals surface area contributed by atoms with Crippen LogP contribution in [0.5, 0.6) is 0 Å². The topological polar surface area (TPSA) is 122 Å². The number of amides is 3. The van der Waals surface area contributed by atoms with E-state index in [0.717, 1.165) is 22.5 Å². The molecule has 8 nitrogen and oxygen atoms in total. The lowest BCUT2D eigenvalue weighted by atomic mass is 10.1. The number of benzene rings is 2. The predicted octanol–water partition coefficient (Wildman–Crippen LogP) is 5.15. The number of aromatic nitrogens is 2. The minimum absolute atomic E-state index is 0.0368. The fourth-order valence-electron chi connectivity index (χ4n) is 3.20. The van der Waals surface area contributed by atoms with Crippen molar-refractivity contribution in [1.29, 1.82) is 0 Å². The zero-order valence-electron chi connectivity index (χ0n) is 18.7. The van der Waals surface area contributed by atoms with Crippen LogP contribution in [0, 0.1) is 6.92 Å². The van der Waals surface area contributed by atoms with E-state index in [-0.39, 0.29) is 11.9 Å². The van der Waals surface area contributed by atoms with Crippen molar-refractivity contribution < 1.29 is 9.59 Å². The number of carbonyl (C=O) groups is 2. The van der Waals surface area contributed by atoms with Gasteiger partial charge >= 0.3 is 6.03 Å². The van der Waals surface area contributed by atoms with Gasteiger partial charge in [0.25, 0.3) is 0 Å². The van der Waals surface area contributed by atoms with E-state index in [1.165, 1.54) is 35.3 Å². The quantitative estimate of drug-likeness (QED) is 0.284. The molecule has 0 bridgehead atoms. The summed E-state index contributed by atoms with van der Waals surface area (Å²) in [5, 5.41) is 11.1. The summed E-state index contributed by atoms with van der Waals surface area (Å²) in [5.74, 6) is 0.275. The molecule has 0 saturated heterocycles. The molecule has 174 valence electrons. The number of carbonyl (C=O) groups excluding carboxylic acids is 2. The number of rotatable bonds is 7. The summed E-state index contributed by atoms with van der Waals surface area (Å²) in [6.45, 7) is 2.04. The van der Waals surface area contributed by atoms with E-state index in [2.05, 4.69) is 45.2 Å². The molecule has 0 aliphatic heterocycles. The Kier molecular flexibility index (Phi) is 7.19. The molecule has 2 heterocycles. The maximum Gasteiger partial charge on any atom is 0.320 e. The Morgan fingerprint density at radius 2 is 1.85 bits per heavy atom. The van der Waals surface area contributed by atoms with Gasteiger partial charge in [0, 0.05) is 30.1 Å².